The molecule has 2 aromatic rings. The SMILES string of the molecule is CN(C)C(=O)CNC(=NCc1ccc2c(c1)OCO2)NCCSc1ccccc1. The molecule has 154 valence electrons. The summed E-state index contributed by atoms with van der Waals surface area (Å²) in [6.07, 6.45) is 0. The van der Waals surface area contributed by atoms with Crippen LogP contribution in [0.1, 0.15) is 5.56 Å². The molecule has 1 amide bonds. The molecule has 0 atom stereocenters. The third-order valence-electron chi connectivity index (χ3n) is 4.17. The minimum absolute atomic E-state index is 0.0127. The summed E-state index contributed by atoms with van der Waals surface area (Å²) in [5.74, 6) is 2.97. The summed E-state index contributed by atoms with van der Waals surface area (Å²) >= 11 is 1.77. The summed E-state index contributed by atoms with van der Waals surface area (Å²) in [5, 5.41) is 6.40. The maximum Gasteiger partial charge on any atom is 0.241 e. The molecule has 8 heteroatoms. The third kappa shape index (κ3) is 6.60. The van der Waals surface area contributed by atoms with Crippen LogP contribution in [0.5, 0.6) is 11.5 Å². The summed E-state index contributed by atoms with van der Waals surface area (Å²) in [5.41, 5.74) is 1.01. The van der Waals surface area contributed by atoms with Crippen LogP contribution in [0, 0.1) is 0 Å². The van der Waals surface area contributed by atoms with Crippen molar-refractivity contribution in [2.75, 3.05) is 39.7 Å². The molecule has 2 N–H and O–H groups in total. The van der Waals surface area contributed by atoms with Crippen molar-refractivity contribution in [1.82, 2.24) is 15.5 Å². The highest BCUT2D eigenvalue weighted by atomic mass is 32.2. The van der Waals surface area contributed by atoms with Gasteiger partial charge in [-0.15, -0.1) is 11.8 Å². The molecular formula is C21H26N4O3S. The van der Waals surface area contributed by atoms with Crippen LogP contribution < -0.4 is 20.1 Å². The highest BCUT2D eigenvalue weighted by Crippen LogP contribution is 2.32. The Morgan fingerprint density at radius 2 is 1.90 bits per heavy atom. The maximum absolute atomic E-state index is 11.9. The maximum atomic E-state index is 11.9. The zero-order valence-corrected chi connectivity index (χ0v) is 17.5. The van der Waals surface area contributed by atoms with E-state index in [1.54, 1.807) is 30.8 Å². The zero-order valence-electron chi connectivity index (χ0n) is 16.7. The van der Waals surface area contributed by atoms with Crippen LogP contribution in [-0.4, -0.2) is 56.5 Å². The van der Waals surface area contributed by atoms with Crippen molar-refractivity contribution in [2.24, 2.45) is 4.99 Å². The molecule has 29 heavy (non-hydrogen) atoms. The second kappa shape index (κ2) is 10.6. The Morgan fingerprint density at radius 1 is 1.10 bits per heavy atom. The van der Waals surface area contributed by atoms with Crippen molar-refractivity contribution < 1.29 is 14.3 Å². The van der Waals surface area contributed by atoms with E-state index in [9.17, 15) is 4.79 Å². The van der Waals surface area contributed by atoms with Gasteiger partial charge in [0.25, 0.3) is 0 Å². The first-order valence-corrected chi connectivity index (χ1v) is 10.4. The first-order chi connectivity index (χ1) is 14.1. The monoisotopic (exact) mass is 414 g/mol. The molecule has 2 aromatic carbocycles. The number of nitrogens with zero attached hydrogens (tertiary/aromatic N) is 2. The average molecular weight is 415 g/mol. The van der Waals surface area contributed by atoms with Crippen LogP contribution >= 0.6 is 11.8 Å². The Kier molecular flexibility index (Phi) is 7.63. The van der Waals surface area contributed by atoms with E-state index < -0.39 is 0 Å². The van der Waals surface area contributed by atoms with E-state index in [1.165, 1.54) is 4.90 Å². The van der Waals surface area contributed by atoms with Gasteiger partial charge in [0.05, 0.1) is 13.1 Å². The number of rotatable bonds is 8. The van der Waals surface area contributed by atoms with Gasteiger partial charge >= 0.3 is 0 Å². The molecule has 0 unspecified atom stereocenters. The van der Waals surface area contributed by atoms with Gasteiger partial charge in [0.2, 0.25) is 12.7 Å². The second-order valence-electron chi connectivity index (χ2n) is 6.58. The highest BCUT2D eigenvalue weighted by molar-refractivity contribution is 7.99. The highest BCUT2D eigenvalue weighted by Gasteiger charge is 2.13. The average Bonchev–Trinajstić information content (AvgIpc) is 3.20. The molecule has 1 aliphatic heterocycles. The zero-order chi connectivity index (χ0) is 20.5. The van der Waals surface area contributed by atoms with Crippen molar-refractivity contribution in [2.45, 2.75) is 11.4 Å². The van der Waals surface area contributed by atoms with Gasteiger partial charge in [-0.25, -0.2) is 4.99 Å². The Labute approximate surface area is 175 Å². The normalized spacial score (nSPS) is 12.6. The molecule has 0 saturated heterocycles. The molecule has 1 aliphatic rings. The van der Waals surface area contributed by atoms with Gasteiger partial charge in [-0.2, -0.15) is 0 Å². The lowest BCUT2D eigenvalue weighted by atomic mass is 10.2. The second-order valence-corrected chi connectivity index (χ2v) is 7.75. The number of nitrogens with one attached hydrogen (secondary N) is 2. The van der Waals surface area contributed by atoms with Gasteiger partial charge in [-0.05, 0) is 29.8 Å². The fourth-order valence-corrected chi connectivity index (χ4v) is 3.35. The number of likely N-dealkylation sites (N-methyl/N-ethyl adjacent to an activating group) is 1. The Bertz CT molecular complexity index is 843. The largest absolute Gasteiger partial charge is 0.454 e. The first-order valence-electron chi connectivity index (χ1n) is 9.40. The van der Waals surface area contributed by atoms with E-state index in [4.69, 9.17) is 9.47 Å². The lowest BCUT2D eigenvalue weighted by molar-refractivity contribution is -0.127. The molecular weight excluding hydrogens is 388 g/mol. The quantitative estimate of drug-likeness (QED) is 0.299. The van der Waals surface area contributed by atoms with Gasteiger partial charge in [0, 0.05) is 31.3 Å². The predicted molar refractivity (Wildman–Crippen MR) is 116 cm³/mol. The van der Waals surface area contributed by atoms with Crippen LogP contribution in [0.4, 0.5) is 0 Å². The number of hydrogen-bond donors (Lipinski definition) is 2. The Hall–Kier alpha value is -2.87. The van der Waals surface area contributed by atoms with E-state index in [0.29, 0.717) is 12.5 Å². The molecule has 3 rings (SSSR count). The Balaban J connectivity index is 1.55. The van der Waals surface area contributed by atoms with Crippen molar-refractivity contribution >= 4 is 23.6 Å². The van der Waals surface area contributed by atoms with E-state index >= 15 is 0 Å². The number of carbonyl (C=O) groups is 1. The minimum atomic E-state index is -0.0127. The number of thioether (sulfide) groups is 1. The molecule has 7 nitrogen and oxygen atoms in total. The number of guanidine groups is 1. The number of amides is 1. The van der Waals surface area contributed by atoms with Crippen molar-refractivity contribution in [3.05, 3.63) is 54.1 Å². The van der Waals surface area contributed by atoms with Gasteiger partial charge in [0.15, 0.2) is 17.5 Å². The molecule has 0 fully saturated rings. The van der Waals surface area contributed by atoms with Crippen LogP contribution in [-0.2, 0) is 11.3 Å². The lowest BCUT2D eigenvalue weighted by Gasteiger charge is -2.15. The first kappa shape index (κ1) is 20.9. The van der Waals surface area contributed by atoms with Crippen LogP contribution in [0.3, 0.4) is 0 Å². The number of fused-ring (bicyclic) bond motifs is 1. The number of benzene rings is 2. The topological polar surface area (TPSA) is 75.2 Å². The van der Waals surface area contributed by atoms with Gasteiger partial charge < -0.3 is 25.0 Å². The summed E-state index contributed by atoms with van der Waals surface area (Å²) in [7, 11) is 3.47. The van der Waals surface area contributed by atoms with E-state index in [1.807, 2.05) is 36.4 Å². The van der Waals surface area contributed by atoms with Crippen LogP contribution in [0.15, 0.2) is 58.4 Å². The van der Waals surface area contributed by atoms with Crippen molar-refractivity contribution in [1.29, 1.82) is 0 Å². The van der Waals surface area contributed by atoms with E-state index in [-0.39, 0.29) is 19.2 Å². The molecule has 0 bridgehead atoms. The van der Waals surface area contributed by atoms with E-state index in [2.05, 4.69) is 27.8 Å². The standard InChI is InChI=1S/C21H26N4O3S/c1-25(2)20(26)14-24-21(22-10-11-29-17-6-4-3-5-7-17)23-13-16-8-9-18-19(12-16)28-15-27-18/h3-9,12H,10-11,13-15H2,1-2H3,(H2,22,23,24). The molecule has 0 aliphatic carbocycles. The summed E-state index contributed by atoms with van der Waals surface area (Å²) in [6, 6.07) is 16.0. The van der Waals surface area contributed by atoms with Gasteiger partial charge in [0.1, 0.15) is 0 Å². The molecule has 0 spiro atoms. The lowest BCUT2D eigenvalue weighted by Crippen LogP contribution is -2.43. The van der Waals surface area contributed by atoms with E-state index in [0.717, 1.165) is 29.4 Å². The predicted octanol–water partition coefficient (Wildman–Crippen LogP) is 2.33. The molecule has 0 aromatic heterocycles. The summed E-state index contributed by atoms with van der Waals surface area (Å²) in [6.45, 7) is 1.63. The number of aliphatic imine (C=N–C) groups is 1. The summed E-state index contributed by atoms with van der Waals surface area (Å²) < 4.78 is 10.8. The van der Waals surface area contributed by atoms with Gasteiger partial charge in [-0.3, -0.25) is 4.79 Å². The molecule has 0 saturated carbocycles. The Morgan fingerprint density at radius 3 is 2.69 bits per heavy atom. The van der Waals surface area contributed by atoms with Crippen LogP contribution in [0.25, 0.3) is 0 Å². The van der Waals surface area contributed by atoms with Crippen molar-refractivity contribution in [3.8, 4) is 11.5 Å². The third-order valence-corrected chi connectivity index (χ3v) is 5.18. The van der Waals surface area contributed by atoms with Gasteiger partial charge in [-0.1, -0.05) is 24.3 Å². The molecule has 1 heterocycles. The fourth-order valence-electron chi connectivity index (χ4n) is 2.56. The smallest absolute Gasteiger partial charge is 0.241 e. The van der Waals surface area contributed by atoms with Crippen molar-refractivity contribution in [3.63, 3.8) is 0 Å². The number of carbonyl (C=O) groups excluding carboxylic acids is 1. The molecule has 0 radical (unpaired) electrons. The number of ether oxygens (including phenoxy) is 2. The minimum Gasteiger partial charge on any atom is -0.454 e. The fraction of sp³-hybridized carbons (Fsp3) is 0.333. The summed E-state index contributed by atoms with van der Waals surface area (Å²) in [4.78, 5) is 19.3. The number of hydrogen-bond acceptors (Lipinski definition) is 5. The van der Waals surface area contributed by atoms with Crippen LogP contribution in [0.2, 0.25) is 0 Å².